The summed E-state index contributed by atoms with van der Waals surface area (Å²) in [7, 11) is 0. The van der Waals surface area contributed by atoms with Crippen LogP contribution in [0.5, 0.6) is 5.75 Å². The van der Waals surface area contributed by atoms with Gasteiger partial charge in [0.2, 0.25) is 0 Å². The van der Waals surface area contributed by atoms with Crippen molar-refractivity contribution in [3.05, 3.63) is 65.7 Å². The monoisotopic (exact) mass is 453 g/mol. The summed E-state index contributed by atoms with van der Waals surface area (Å²) in [5.41, 5.74) is 1.48. The van der Waals surface area contributed by atoms with E-state index in [0.717, 1.165) is 5.56 Å². The number of aryl methyl sites for hydroxylation is 1. The summed E-state index contributed by atoms with van der Waals surface area (Å²) in [4.78, 5) is 23.8. The number of carbonyl (C=O) groups excluding carboxylic acids is 2. The zero-order valence-electron chi connectivity index (χ0n) is 16.9. The third kappa shape index (κ3) is 8.19. The van der Waals surface area contributed by atoms with Gasteiger partial charge in [0.15, 0.2) is 0 Å². The number of halogens is 1. The minimum atomic E-state index is -3.90. The van der Waals surface area contributed by atoms with Crippen molar-refractivity contribution in [3.8, 4) is 5.75 Å². The van der Waals surface area contributed by atoms with E-state index in [1.165, 1.54) is 6.92 Å². The van der Waals surface area contributed by atoms with E-state index in [0.29, 0.717) is 18.6 Å². The van der Waals surface area contributed by atoms with E-state index >= 15 is 0 Å². The highest BCUT2D eigenvalue weighted by Crippen LogP contribution is 2.49. The average Bonchev–Trinajstić information content (AvgIpc) is 2.71. The molecule has 0 bridgehead atoms. The van der Waals surface area contributed by atoms with Gasteiger partial charge in [-0.1, -0.05) is 48.5 Å². The topological polar surface area (TPSA) is 90.9 Å². The average molecular weight is 454 g/mol. The summed E-state index contributed by atoms with van der Waals surface area (Å²) < 4.78 is 28.3. The summed E-state index contributed by atoms with van der Waals surface area (Å²) in [6, 6.07) is 15.0. The standard InChI is InChI=1S/C21H25ClNO6P/c1-3-27-20(24)14-13-18-11-7-8-12-19(18)29-30(22,26)23-16(2)21(25)28-15-17-9-5-4-6-10-17/h4-12,16H,3,13-15H2,1-2H3,(H,23,26)/t16-,30?/m0/s1. The fraction of sp³-hybridized carbons (Fsp3) is 0.333. The minimum absolute atomic E-state index is 0.0931. The second-order valence-electron chi connectivity index (χ2n) is 6.43. The molecule has 0 saturated carbocycles. The van der Waals surface area contributed by atoms with Gasteiger partial charge in [-0.15, -0.1) is 0 Å². The fourth-order valence-corrected chi connectivity index (χ4v) is 4.27. The first-order valence-electron chi connectivity index (χ1n) is 9.52. The number of ether oxygens (including phenoxy) is 2. The molecule has 1 unspecified atom stereocenters. The molecule has 0 aliphatic rings. The Kier molecular flexibility index (Phi) is 9.37. The van der Waals surface area contributed by atoms with Crippen LogP contribution < -0.4 is 9.61 Å². The number of benzene rings is 2. The maximum Gasteiger partial charge on any atom is 0.409 e. The maximum absolute atomic E-state index is 12.7. The van der Waals surface area contributed by atoms with Crippen LogP contribution in [-0.4, -0.2) is 24.6 Å². The Hall–Kier alpha value is -2.34. The highest BCUT2D eigenvalue weighted by molar-refractivity contribution is 7.84. The molecular weight excluding hydrogens is 429 g/mol. The van der Waals surface area contributed by atoms with Crippen molar-refractivity contribution < 1.29 is 28.2 Å². The predicted octanol–water partition coefficient (Wildman–Crippen LogP) is 4.63. The lowest BCUT2D eigenvalue weighted by atomic mass is 10.1. The molecule has 0 amide bonds. The van der Waals surface area contributed by atoms with Crippen LogP contribution in [0.3, 0.4) is 0 Å². The van der Waals surface area contributed by atoms with Crippen LogP contribution in [0.2, 0.25) is 0 Å². The Bertz CT molecular complexity index is 892. The molecule has 2 aromatic rings. The Labute approximate surface area is 181 Å². The second-order valence-corrected chi connectivity index (χ2v) is 9.16. The van der Waals surface area contributed by atoms with Gasteiger partial charge in [0.25, 0.3) is 0 Å². The number of hydrogen-bond acceptors (Lipinski definition) is 6. The van der Waals surface area contributed by atoms with E-state index in [4.69, 9.17) is 25.2 Å². The Morgan fingerprint density at radius 1 is 1.07 bits per heavy atom. The predicted molar refractivity (Wildman–Crippen MR) is 114 cm³/mol. The van der Waals surface area contributed by atoms with Gasteiger partial charge in [0, 0.05) is 17.7 Å². The van der Waals surface area contributed by atoms with Gasteiger partial charge in [0.1, 0.15) is 18.4 Å². The molecule has 2 atom stereocenters. The third-order valence-electron chi connectivity index (χ3n) is 4.02. The van der Waals surface area contributed by atoms with Crippen LogP contribution in [0.1, 0.15) is 31.4 Å². The first-order chi connectivity index (χ1) is 14.3. The van der Waals surface area contributed by atoms with Gasteiger partial charge in [-0.2, -0.15) is 0 Å². The molecule has 0 radical (unpaired) electrons. The molecule has 162 valence electrons. The molecule has 0 aliphatic heterocycles. The molecule has 0 fully saturated rings. The normalized spacial score (nSPS) is 13.7. The lowest BCUT2D eigenvalue weighted by Crippen LogP contribution is -2.33. The zero-order valence-corrected chi connectivity index (χ0v) is 18.5. The van der Waals surface area contributed by atoms with Crippen molar-refractivity contribution in [1.82, 2.24) is 5.09 Å². The Morgan fingerprint density at radius 2 is 1.73 bits per heavy atom. The first-order valence-corrected chi connectivity index (χ1v) is 12.0. The van der Waals surface area contributed by atoms with Gasteiger partial charge < -0.3 is 14.0 Å². The lowest BCUT2D eigenvalue weighted by molar-refractivity contribution is -0.146. The van der Waals surface area contributed by atoms with Gasteiger partial charge in [-0.25, -0.2) is 9.65 Å². The Morgan fingerprint density at radius 3 is 2.43 bits per heavy atom. The molecule has 1 N–H and O–H groups in total. The molecule has 0 heterocycles. The van der Waals surface area contributed by atoms with Crippen molar-refractivity contribution in [1.29, 1.82) is 0 Å². The van der Waals surface area contributed by atoms with Crippen molar-refractivity contribution in [2.75, 3.05) is 6.61 Å². The smallest absolute Gasteiger partial charge is 0.409 e. The van der Waals surface area contributed by atoms with Crippen LogP contribution in [0.15, 0.2) is 54.6 Å². The molecule has 30 heavy (non-hydrogen) atoms. The van der Waals surface area contributed by atoms with Crippen LogP contribution in [0, 0.1) is 0 Å². The van der Waals surface area contributed by atoms with Crippen molar-refractivity contribution in [2.45, 2.75) is 39.3 Å². The van der Waals surface area contributed by atoms with Crippen LogP contribution >= 0.6 is 18.1 Å². The van der Waals surface area contributed by atoms with E-state index in [1.54, 1.807) is 31.2 Å². The number of rotatable bonds is 11. The number of nitrogens with one attached hydrogen (secondary N) is 1. The summed E-state index contributed by atoms with van der Waals surface area (Å²) in [5, 5.41) is 2.49. The fourth-order valence-electron chi connectivity index (χ4n) is 2.56. The molecule has 2 aromatic carbocycles. The van der Waals surface area contributed by atoms with Crippen molar-refractivity contribution >= 4 is 30.1 Å². The van der Waals surface area contributed by atoms with Gasteiger partial charge in [0.05, 0.1) is 6.61 Å². The molecule has 9 heteroatoms. The van der Waals surface area contributed by atoms with Gasteiger partial charge >= 0.3 is 18.8 Å². The largest absolute Gasteiger partial charge is 0.466 e. The van der Waals surface area contributed by atoms with E-state index < -0.39 is 18.9 Å². The summed E-state index contributed by atoms with van der Waals surface area (Å²) in [6.45, 7) is -0.290. The molecular formula is C21H25ClNO6P. The van der Waals surface area contributed by atoms with Crippen LogP contribution in [0.25, 0.3) is 0 Å². The molecule has 0 spiro atoms. The molecule has 7 nitrogen and oxygen atoms in total. The summed E-state index contributed by atoms with van der Waals surface area (Å²) in [5.74, 6) is -0.689. The number of para-hydroxylation sites is 1. The van der Waals surface area contributed by atoms with Gasteiger partial charge in [-0.3, -0.25) is 9.59 Å². The second kappa shape index (κ2) is 11.7. The third-order valence-corrected chi connectivity index (χ3v) is 5.64. The number of carbonyl (C=O) groups is 2. The van der Waals surface area contributed by atoms with Crippen molar-refractivity contribution in [3.63, 3.8) is 0 Å². The Balaban J connectivity index is 1.93. The summed E-state index contributed by atoms with van der Waals surface area (Å²) >= 11 is 6.03. The van der Waals surface area contributed by atoms with Crippen molar-refractivity contribution in [2.24, 2.45) is 0 Å². The maximum atomic E-state index is 12.7. The quantitative estimate of drug-likeness (QED) is 0.392. The minimum Gasteiger partial charge on any atom is -0.466 e. The summed E-state index contributed by atoms with van der Waals surface area (Å²) in [6.07, 6.45) is 0.483. The van der Waals surface area contributed by atoms with Crippen LogP contribution in [0.4, 0.5) is 0 Å². The van der Waals surface area contributed by atoms with E-state index in [9.17, 15) is 14.2 Å². The molecule has 0 aliphatic carbocycles. The van der Waals surface area contributed by atoms with Gasteiger partial charge in [-0.05, 0) is 37.5 Å². The highest BCUT2D eigenvalue weighted by atomic mass is 35.7. The zero-order chi connectivity index (χ0) is 22.0. The molecule has 0 saturated heterocycles. The van der Waals surface area contributed by atoms with E-state index in [-0.39, 0.29) is 24.7 Å². The molecule has 0 aromatic heterocycles. The number of esters is 2. The van der Waals surface area contributed by atoms with Crippen LogP contribution in [-0.2, 0) is 36.7 Å². The van der Waals surface area contributed by atoms with E-state index in [2.05, 4.69) is 5.09 Å². The SMILES string of the molecule is CCOC(=O)CCc1ccccc1OP(=O)(Cl)N[C@@H](C)C(=O)OCc1ccccc1. The number of hydrogen-bond donors (Lipinski definition) is 1. The molecule has 2 rings (SSSR count). The highest BCUT2D eigenvalue weighted by Gasteiger charge is 2.29. The lowest BCUT2D eigenvalue weighted by Gasteiger charge is -2.19. The van der Waals surface area contributed by atoms with E-state index in [1.807, 2.05) is 30.3 Å². The first kappa shape index (κ1) is 23.9.